The molecule has 0 heterocycles. The zero-order chi connectivity index (χ0) is 20.4. The highest BCUT2D eigenvalue weighted by atomic mass is 28.4. The van der Waals surface area contributed by atoms with Crippen molar-refractivity contribution < 1.29 is 19.1 Å². The molecule has 1 unspecified atom stereocenters. The van der Waals surface area contributed by atoms with Crippen molar-refractivity contribution >= 4 is 14.3 Å². The Bertz CT molecular complexity index is 342. The van der Waals surface area contributed by atoms with Crippen molar-refractivity contribution in [3.8, 4) is 0 Å². The van der Waals surface area contributed by atoms with Crippen molar-refractivity contribution in [2.24, 2.45) is 0 Å². The number of ether oxygens (including phenoxy) is 1. The zero-order valence-electron chi connectivity index (χ0n) is 18.6. The van der Waals surface area contributed by atoms with Crippen LogP contribution in [0.5, 0.6) is 0 Å². The summed E-state index contributed by atoms with van der Waals surface area (Å²) >= 11 is 0. The fraction of sp³-hybridized carbons (Fsp3) is 0.955. The van der Waals surface area contributed by atoms with Gasteiger partial charge in [0.2, 0.25) is 0 Å². The topological polar surface area (TPSA) is 55.8 Å². The molecule has 1 atom stereocenters. The van der Waals surface area contributed by atoms with E-state index in [9.17, 15) is 9.90 Å². The molecule has 0 saturated carbocycles. The molecule has 0 aromatic carbocycles. The molecule has 0 aromatic rings. The fourth-order valence-corrected chi connectivity index (χ4v) is 3.64. The first-order chi connectivity index (χ1) is 12.8. The lowest BCUT2D eigenvalue weighted by atomic mass is 10.0. The Balaban J connectivity index is 3.32. The number of rotatable bonds is 19. The van der Waals surface area contributed by atoms with Gasteiger partial charge in [-0.15, -0.1) is 0 Å². The van der Waals surface area contributed by atoms with Crippen LogP contribution in [0.3, 0.4) is 0 Å². The van der Waals surface area contributed by atoms with Crippen molar-refractivity contribution in [1.29, 1.82) is 0 Å². The predicted octanol–water partition coefficient (Wildman–Crippen LogP) is 6.22. The fourth-order valence-electron chi connectivity index (χ4n) is 2.94. The molecule has 0 aliphatic heterocycles. The van der Waals surface area contributed by atoms with Gasteiger partial charge in [0.1, 0.15) is 12.7 Å². The van der Waals surface area contributed by atoms with E-state index >= 15 is 0 Å². The van der Waals surface area contributed by atoms with Crippen LogP contribution in [0.4, 0.5) is 0 Å². The van der Waals surface area contributed by atoms with Crippen LogP contribution in [0.15, 0.2) is 0 Å². The average molecular weight is 403 g/mol. The van der Waals surface area contributed by atoms with Crippen LogP contribution in [0.1, 0.15) is 96.8 Å². The Labute approximate surface area is 169 Å². The summed E-state index contributed by atoms with van der Waals surface area (Å²) in [6, 6.07) is 0. The maximum atomic E-state index is 11.7. The van der Waals surface area contributed by atoms with Gasteiger partial charge < -0.3 is 14.3 Å². The van der Waals surface area contributed by atoms with Gasteiger partial charge in [-0.1, -0.05) is 84.0 Å². The van der Waals surface area contributed by atoms with Gasteiger partial charge in [0, 0.05) is 6.42 Å². The molecule has 27 heavy (non-hydrogen) atoms. The standard InChI is InChI=1S/C22H46O4Si/c1-5-6-7-8-9-10-11-12-13-14-15-16-17-18-22(24)25-19-21(23)20-26-27(2,3)4/h21,23H,5-20H2,1-4H3. The van der Waals surface area contributed by atoms with Crippen molar-refractivity contribution in [2.75, 3.05) is 13.2 Å². The Morgan fingerprint density at radius 2 is 1.22 bits per heavy atom. The summed E-state index contributed by atoms with van der Waals surface area (Å²) in [5.74, 6) is -0.204. The molecule has 5 heteroatoms. The Hall–Kier alpha value is -0.393. The predicted molar refractivity (Wildman–Crippen MR) is 117 cm³/mol. The minimum Gasteiger partial charge on any atom is -0.463 e. The van der Waals surface area contributed by atoms with Crippen LogP contribution in [0.25, 0.3) is 0 Å². The highest BCUT2D eigenvalue weighted by molar-refractivity contribution is 6.69. The van der Waals surface area contributed by atoms with Gasteiger partial charge in [-0.3, -0.25) is 4.79 Å². The summed E-state index contributed by atoms with van der Waals surface area (Å²) in [5.41, 5.74) is 0. The molecular weight excluding hydrogens is 356 g/mol. The van der Waals surface area contributed by atoms with Crippen molar-refractivity contribution in [3.63, 3.8) is 0 Å². The molecule has 0 spiro atoms. The largest absolute Gasteiger partial charge is 0.463 e. The average Bonchev–Trinajstić information content (AvgIpc) is 2.61. The smallest absolute Gasteiger partial charge is 0.305 e. The number of unbranched alkanes of at least 4 members (excludes halogenated alkanes) is 12. The highest BCUT2D eigenvalue weighted by Gasteiger charge is 2.17. The molecule has 0 aromatic heterocycles. The zero-order valence-corrected chi connectivity index (χ0v) is 19.6. The second-order valence-electron chi connectivity index (χ2n) is 8.75. The van der Waals surface area contributed by atoms with Crippen molar-refractivity contribution in [2.45, 2.75) is 123 Å². The van der Waals surface area contributed by atoms with Gasteiger partial charge in [0.25, 0.3) is 0 Å². The van der Waals surface area contributed by atoms with Crippen LogP contribution in [0, 0.1) is 0 Å². The van der Waals surface area contributed by atoms with Crippen LogP contribution in [-0.4, -0.2) is 38.7 Å². The first kappa shape index (κ1) is 26.6. The summed E-state index contributed by atoms with van der Waals surface area (Å²) < 4.78 is 10.7. The Morgan fingerprint density at radius 1 is 0.778 bits per heavy atom. The Morgan fingerprint density at radius 3 is 1.67 bits per heavy atom. The lowest BCUT2D eigenvalue weighted by molar-refractivity contribution is -0.147. The van der Waals surface area contributed by atoms with Crippen LogP contribution >= 0.6 is 0 Å². The van der Waals surface area contributed by atoms with Crippen LogP contribution in [-0.2, 0) is 14.0 Å². The molecule has 0 saturated heterocycles. The summed E-state index contributed by atoms with van der Waals surface area (Å²) in [7, 11) is -1.63. The van der Waals surface area contributed by atoms with E-state index < -0.39 is 14.4 Å². The lowest BCUT2D eigenvalue weighted by Crippen LogP contribution is -2.32. The van der Waals surface area contributed by atoms with E-state index in [1.807, 2.05) is 0 Å². The Kier molecular flexibility index (Phi) is 17.4. The molecule has 0 bridgehead atoms. The molecule has 0 aliphatic carbocycles. The molecule has 0 radical (unpaired) electrons. The number of carbonyl (C=O) groups is 1. The molecular formula is C22H46O4Si. The normalized spacial score (nSPS) is 12.9. The minimum absolute atomic E-state index is 0.0434. The number of hydrogen-bond acceptors (Lipinski definition) is 4. The first-order valence-corrected chi connectivity index (χ1v) is 14.7. The van der Waals surface area contributed by atoms with E-state index in [-0.39, 0.29) is 19.2 Å². The van der Waals surface area contributed by atoms with Gasteiger partial charge in [-0.25, -0.2) is 0 Å². The molecule has 0 aliphatic rings. The van der Waals surface area contributed by atoms with Gasteiger partial charge >= 0.3 is 5.97 Å². The maximum absolute atomic E-state index is 11.7. The second kappa shape index (κ2) is 17.7. The molecule has 1 N–H and O–H groups in total. The number of esters is 1. The van der Waals surface area contributed by atoms with Gasteiger partial charge in [-0.2, -0.15) is 0 Å². The number of aliphatic hydroxyl groups excluding tert-OH is 1. The minimum atomic E-state index is -1.63. The van der Waals surface area contributed by atoms with Gasteiger partial charge in [0.05, 0.1) is 6.61 Å². The van der Waals surface area contributed by atoms with Gasteiger partial charge in [-0.05, 0) is 26.1 Å². The molecule has 4 nitrogen and oxygen atoms in total. The monoisotopic (exact) mass is 402 g/mol. The van der Waals surface area contributed by atoms with Crippen molar-refractivity contribution in [1.82, 2.24) is 0 Å². The molecule has 0 rings (SSSR count). The first-order valence-electron chi connectivity index (χ1n) is 11.3. The summed E-state index contributed by atoms with van der Waals surface area (Å²) in [6.45, 7) is 8.77. The van der Waals surface area contributed by atoms with E-state index in [4.69, 9.17) is 9.16 Å². The summed E-state index contributed by atoms with van der Waals surface area (Å²) in [6.07, 6.45) is 16.6. The number of aliphatic hydroxyl groups is 1. The summed E-state index contributed by atoms with van der Waals surface area (Å²) in [4.78, 5) is 11.7. The van der Waals surface area contributed by atoms with Crippen LogP contribution in [0.2, 0.25) is 19.6 Å². The maximum Gasteiger partial charge on any atom is 0.305 e. The lowest BCUT2D eigenvalue weighted by Gasteiger charge is -2.20. The van der Waals surface area contributed by atoms with E-state index in [0.29, 0.717) is 6.42 Å². The van der Waals surface area contributed by atoms with Crippen LogP contribution < -0.4 is 0 Å². The third kappa shape index (κ3) is 21.8. The third-order valence-corrected chi connectivity index (χ3v) is 5.66. The molecule has 0 amide bonds. The quantitative estimate of drug-likeness (QED) is 0.158. The van der Waals surface area contributed by atoms with E-state index in [1.54, 1.807) is 0 Å². The van der Waals surface area contributed by atoms with E-state index in [0.717, 1.165) is 12.8 Å². The van der Waals surface area contributed by atoms with E-state index in [2.05, 4.69) is 26.6 Å². The third-order valence-electron chi connectivity index (χ3n) is 4.63. The van der Waals surface area contributed by atoms with Crippen molar-refractivity contribution in [3.05, 3.63) is 0 Å². The number of hydrogen-bond donors (Lipinski definition) is 1. The van der Waals surface area contributed by atoms with E-state index in [1.165, 1.54) is 70.6 Å². The SMILES string of the molecule is CCCCCCCCCCCCCCCC(=O)OCC(O)CO[Si](C)(C)C. The van der Waals surface area contributed by atoms with Gasteiger partial charge in [0.15, 0.2) is 8.32 Å². The highest BCUT2D eigenvalue weighted by Crippen LogP contribution is 2.13. The number of carbonyl (C=O) groups excluding carboxylic acids is 1. The summed E-state index contributed by atoms with van der Waals surface area (Å²) in [5, 5.41) is 9.77. The second-order valence-corrected chi connectivity index (χ2v) is 13.3. The molecule has 0 fully saturated rings. The molecule has 162 valence electrons.